The number of thioether (sulfide) groups is 1. The van der Waals surface area contributed by atoms with Gasteiger partial charge in [-0.1, -0.05) is 74.5 Å². The van der Waals surface area contributed by atoms with Gasteiger partial charge in [-0.05, 0) is 54.2 Å². The number of carbonyl (C=O) groups excluding carboxylic acids is 2. The zero-order valence-corrected chi connectivity index (χ0v) is 23.2. The number of nitrogens with one attached hydrogen (secondary N) is 2. The Labute approximate surface area is 225 Å². The smallest absolute Gasteiger partial charge is 0.242 e. The average molecular weight is 519 g/mol. The first-order chi connectivity index (χ1) is 17.8. The van der Waals surface area contributed by atoms with Crippen molar-refractivity contribution in [3.8, 4) is 5.75 Å². The molecule has 0 saturated heterocycles. The molecular weight excluding hydrogens is 480 g/mol. The monoisotopic (exact) mass is 518 g/mol. The average Bonchev–Trinajstić information content (AvgIpc) is 2.91. The van der Waals surface area contributed by atoms with Gasteiger partial charge in [0.05, 0.1) is 12.5 Å². The van der Waals surface area contributed by atoms with E-state index in [-0.39, 0.29) is 17.7 Å². The Hall–Kier alpha value is -3.25. The summed E-state index contributed by atoms with van der Waals surface area (Å²) in [5.41, 5.74) is 2.36. The number of hydrogen-bond donors (Lipinski definition) is 2. The first kappa shape index (κ1) is 28.3. The van der Waals surface area contributed by atoms with Crippen molar-refractivity contribution >= 4 is 23.6 Å². The molecule has 0 spiro atoms. The maximum atomic E-state index is 14.0. The quantitative estimate of drug-likeness (QED) is 0.299. The van der Waals surface area contributed by atoms with Crippen LogP contribution in [0, 0.1) is 5.92 Å². The van der Waals surface area contributed by atoms with Crippen LogP contribution < -0.4 is 15.4 Å². The van der Waals surface area contributed by atoms with Crippen molar-refractivity contribution in [3.05, 3.63) is 95.6 Å². The summed E-state index contributed by atoms with van der Waals surface area (Å²) in [6.07, 6.45) is 1.04. The Bertz CT molecular complexity index is 1160. The molecule has 0 heterocycles. The number of methoxy groups -OCH3 is 1. The minimum Gasteiger partial charge on any atom is -0.497 e. The van der Waals surface area contributed by atoms with E-state index in [0.29, 0.717) is 12.8 Å². The van der Waals surface area contributed by atoms with E-state index in [1.54, 1.807) is 25.9 Å². The van der Waals surface area contributed by atoms with Crippen LogP contribution in [0.3, 0.4) is 0 Å². The lowest BCUT2D eigenvalue weighted by Crippen LogP contribution is -2.53. The van der Waals surface area contributed by atoms with Crippen molar-refractivity contribution in [2.24, 2.45) is 5.92 Å². The van der Waals surface area contributed by atoms with Gasteiger partial charge in [-0.3, -0.25) is 9.59 Å². The van der Waals surface area contributed by atoms with Gasteiger partial charge in [0.25, 0.3) is 0 Å². The summed E-state index contributed by atoms with van der Waals surface area (Å²) in [6, 6.07) is 25.3. The molecule has 3 aromatic rings. The van der Waals surface area contributed by atoms with Crippen LogP contribution in [0.1, 0.15) is 43.9 Å². The lowest BCUT2D eigenvalue weighted by molar-refractivity contribution is -0.132. The lowest BCUT2D eigenvalue weighted by atomic mass is 9.75. The molecule has 0 aliphatic heterocycles. The number of amides is 2. The predicted molar refractivity (Wildman–Crippen MR) is 152 cm³/mol. The molecule has 3 rings (SSSR count). The van der Waals surface area contributed by atoms with Crippen LogP contribution in [0.25, 0.3) is 0 Å². The lowest BCUT2D eigenvalue weighted by Gasteiger charge is -2.34. The molecule has 196 valence electrons. The second kappa shape index (κ2) is 13.3. The van der Waals surface area contributed by atoms with Crippen LogP contribution in [0.15, 0.2) is 83.8 Å². The molecular formula is C31H38N2O3S. The number of benzene rings is 3. The third-order valence-corrected chi connectivity index (χ3v) is 7.65. The normalized spacial score (nSPS) is 13.5. The van der Waals surface area contributed by atoms with Crippen LogP contribution in [-0.2, 0) is 27.2 Å². The third-order valence-electron chi connectivity index (χ3n) is 6.50. The number of hydrogen-bond acceptors (Lipinski definition) is 4. The van der Waals surface area contributed by atoms with Crippen LogP contribution >= 0.6 is 11.8 Å². The molecule has 0 aliphatic rings. The molecule has 2 amide bonds. The molecule has 2 N–H and O–H groups in total. The highest BCUT2D eigenvalue weighted by Crippen LogP contribution is 2.38. The number of carbonyl (C=O) groups is 2. The first-order valence-electron chi connectivity index (χ1n) is 12.7. The van der Waals surface area contributed by atoms with E-state index in [9.17, 15) is 9.59 Å². The predicted octanol–water partition coefficient (Wildman–Crippen LogP) is 5.76. The van der Waals surface area contributed by atoms with Gasteiger partial charge in [0.15, 0.2) is 0 Å². The fourth-order valence-corrected chi connectivity index (χ4v) is 5.76. The SMILES string of the molecule is CNC(=O)[C@H](Cc1ccc(OC)cc1)NC(=O)C(C)(CC(C)C)c1ccccc1SCc1ccccc1. The molecule has 0 saturated carbocycles. The van der Waals surface area contributed by atoms with Crippen molar-refractivity contribution in [1.29, 1.82) is 0 Å². The van der Waals surface area contributed by atoms with Crippen LogP contribution in [0.4, 0.5) is 0 Å². The zero-order valence-electron chi connectivity index (χ0n) is 22.4. The van der Waals surface area contributed by atoms with Gasteiger partial charge in [-0.2, -0.15) is 0 Å². The van der Waals surface area contributed by atoms with Gasteiger partial charge in [0, 0.05) is 24.1 Å². The van der Waals surface area contributed by atoms with Crippen LogP contribution in [0.2, 0.25) is 0 Å². The summed E-state index contributed by atoms with van der Waals surface area (Å²) < 4.78 is 5.25. The van der Waals surface area contributed by atoms with Crippen LogP contribution in [-0.4, -0.2) is 32.0 Å². The molecule has 5 nitrogen and oxygen atoms in total. The minimum atomic E-state index is -0.805. The molecule has 6 heteroatoms. The van der Waals surface area contributed by atoms with E-state index in [0.717, 1.165) is 27.5 Å². The summed E-state index contributed by atoms with van der Waals surface area (Å²) in [4.78, 5) is 27.9. The highest BCUT2D eigenvalue weighted by Gasteiger charge is 2.39. The van der Waals surface area contributed by atoms with Crippen molar-refractivity contribution in [2.45, 2.75) is 55.7 Å². The number of rotatable bonds is 12. The maximum absolute atomic E-state index is 14.0. The van der Waals surface area contributed by atoms with E-state index < -0.39 is 11.5 Å². The Kier molecular flexibility index (Phi) is 10.2. The summed E-state index contributed by atoms with van der Waals surface area (Å²) >= 11 is 1.74. The molecule has 3 aromatic carbocycles. The standard InChI is InChI=1S/C31H38N2O3S/c1-22(2)20-31(3,26-13-9-10-14-28(26)37-21-24-11-7-6-8-12-24)30(35)33-27(29(34)32-4)19-23-15-17-25(36-5)18-16-23/h6-18,22,27H,19-21H2,1-5H3,(H,32,34)(H,33,35)/t27-,31?/m0/s1. The minimum absolute atomic E-state index is 0.143. The summed E-state index contributed by atoms with van der Waals surface area (Å²) in [7, 11) is 3.21. The van der Waals surface area contributed by atoms with Gasteiger partial charge < -0.3 is 15.4 Å². The second-order valence-electron chi connectivity index (χ2n) is 9.89. The Morgan fingerprint density at radius 3 is 2.19 bits per heavy atom. The molecule has 0 aromatic heterocycles. The van der Waals surface area contributed by atoms with Gasteiger partial charge in [0.1, 0.15) is 11.8 Å². The molecule has 0 bridgehead atoms. The Morgan fingerprint density at radius 2 is 1.57 bits per heavy atom. The highest BCUT2D eigenvalue weighted by molar-refractivity contribution is 7.98. The molecule has 2 atom stereocenters. The van der Waals surface area contributed by atoms with Crippen LogP contribution in [0.5, 0.6) is 5.75 Å². The van der Waals surface area contributed by atoms with Gasteiger partial charge in [0.2, 0.25) is 11.8 Å². The number of likely N-dealkylation sites (N-methyl/N-ethyl adjacent to an activating group) is 1. The second-order valence-corrected chi connectivity index (χ2v) is 10.9. The molecule has 1 unspecified atom stereocenters. The number of ether oxygens (including phenoxy) is 1. The van der Waals surface area contributed by atoms with Gasteiger partial charge in [-0.25, -0.2) is 0 Å². The van der Waals surface area contributed by atoms with E-state index in [2.05, 4.69) is 42.7 Å². The zero-order chi connectivity index (χ0) is 26.8. The van der Waals surface area contributed by atoms with Gasteiger partial charge >= 0.3 is 0 Å². The van der Waals surface area contributed by atoms with E-state index in [1.165, 1.54) is 5.56 Å². The topological polar surface area (TPSA) is 67.4 Å². The fourth-order valence-electron chi connectivity index (χ4n) is 4.62. The highest BCUT2D eigenvalue weighted by atomic mass is 32.2. The third kappa shape index (κ3) is 7.62. The molecule has 0 aliphatic carbocycles. The molecule has 0 fully saturated rings. The van der Waals surface area contributed by atoms with E-state index in [1.807, 2.05) is 67.6 Å². The molecule has 37 heavy (non-hydrogen) atoms. The summed E-state index contributed by atoms with van der Waals surface area (Å²) in [5, 5.41) is 5.81. The van der Waals surface area contributed by atoms with Crippen molar-refractivity contribution in [2.75, 3.05) is 14.2 Å². The molecule has 0 radical (unpaired) electrons. The Balaban J connectivity index is 1.89. The summed E-state index contributed by atoms with van der Waals surface area (Å²) in [6.45, 7) is 6.25. The van der Waals surface area contributed by atoms with Crippen molar-refractivity contribution in [3.63, 3.8) is 0 Å². The van der Waals surface area contributed by atoms with Crippen molar-refractivity contribution < 1.29 is 14.3 Å². The Morgan fingerprint density at radius 1 is 0.919 bits per heavy atom. The van der Waals surface area contributed by atoms with Gasteiger partial charge in [-0.15, -0.1) is 11.8 Å². The summed E-state index contributed by atoms with van der Waals surface area (Å²) in [5.74, 6) is 1.48. The fraction of sp³-hybridized carbons (Fsp3) is 0.355. The van der Waals surface area contributed by atoms with E-state index in [4.69, 9.17) is 4.74 Å². The maximum Gasteiger partial charge on any atom is 0.242 e. The first-order valence-corrected chi connectivity index (χ1v) is 13.7. The van der Waals surface area contributed by atoms with Crippen molar-refractivity contribution in [1.82, 2.24) is 10.6 Å². The largest absolute Gasteiger partial charge is 0.497 e. The van der Waals surface area contributed by atoms with E-state index >= 15 is 0 Å².